The SMILES string of the molecule is COc1ccc(C2(C(C)=O)CCNCC2)cc1OC. The van der Waals surface area contributed by atoms with Gasteiger partial charge >= 0.3 is 0 Å². The van der Waals surface area contributed by atoms with Crippen LogP contribution >= 0.6 is 0 Å². The Balaban J connectivity index is 2.45. The predicted octanol–water partition coefficient (Wildman–Crippen LogP) is 1.91. The van der Waals surface area contributed by atoms with Gasteiger partial charge < -0.3 is 14.8 Å². The van der Waals surface area contributed by atoms with Crippen LogP contribution in [-0.2, 0) is 10.2 Å². The van der Waals surface area contributed by atoms with Gasteiger partial charge in [-0.3, -0.25) is 4.79 Å². The van der Waals surface area contributed by atoms with Gasteiger partial charge in [-0.25, -0.2) is 0 Å². The van der Waals surface area contributed by atoms with E-state index in [4.69, 9.17) is 9.47 Å². The molecule has 1 heterocycles. The first kappa shape index (κ1) is 13.9. The minimum Gasteiger partial charge on any atom is -0.493 e. The fourth-order valence-electron chi connectivity index (χ4n) is 2.83. The van der Waals surface area contributed by atoms with Gasteiger partial charge in [0, 0.05) is 0 Å². The van der Waals surface area contributed by atoms with Gasteiger partial charge in [0.05, 0.1) is 19.6 Å². The smallest absolute Gasteiger partial charge is 0.161 e. The number of hydrogen-bond donors (Lipinski definition) is 1. The van der Waals surface area contributed by atoms with E-state index < -0.39 is 0 Å². The lowest BCUT2D eigenvalue weighted by atomic mass is 9.70. The lowest BCUT2D eigenvalue weighted by molar-refractivity contribution is -0.123. The van der Waals surface area contributed by atoms with E-state index in [1.54, 1.807) is 21.1 Å². The minimum atomic E-state index is -0.384. The van der Waals surface area contributed by atoms with Crippen molar-refractivity contribution < 1.29 is 14.3 Å². The molecule has 1 saturated heterocycles. The molecule has 1 aromatic carbocycles. The molecule has 0 aromatic heterocycles. The lowest BCUT2D eigenvalue weighted by Gasteiger charge is -2.36. The summed E-state index contributed by atoms with van der Waals surface area (Å²) in [7, 11) is 3.23. The van der Waals surface area contributed by atoms with Crippen molar-refractivity contribution in [2.45, 2.75) is 25.2 Å². The number of ketones is 1. The Morgan fingerprint density at radius 3 is 2.32 bits per heavy atom. The Labute approximate surface area is 114 Å². The minimum absolute atomic E-state index is 0.223. The van der Waals surface area contributed by atoms with E-state index in [-0.39, 0.29) is 11.2 Å². The molecule has 1 N–H and O–H groups in total. The van der Waals surface area contributed by atoms with Crippen LogP contribution in [0.4, 0.5) is 0 Å². The average Bonchev–Trinajstić information content (AvgIpc) is 2.47. The molecule has 0 spiro atoms. The van der Waals surface area contributed by atoms with Crippen LogP contribution in [0.3, 0.4) is 0 Å². The van der Waals surface area contributed by atoms with Crippen molar-refractivity contribution in [3.05, 3.63) is 23.8 Å². The van der Waals surface area contributed by atoms with Gasteiger partial charge in [0.15, 0.2) is 11.5 Å². The summed E-state index contributed by atoms with van der Waals surface area (Å²) in [6.07, 6.45) is 1.66. The molecule has 0 atom stereocenters. The van der Waals surface area contributed by atoms with E-state index in [1.165, 1.54) is 0 Å². The molecule has 4 heteroatoms. The van der Waals surface area contributed by atoms with E-state index in [0.717, 1.165) is 31.5 Å². The fraction of sp³-hybridized carbons (Fsp3) is 0.533. The molecule has 0 aliphatic carbocycles. The summed E-state index contributed by atoms with van der Waals surface area (Å²) in [5.41, 5.74) is 0.643. The first-order chi connectivity index (χ1) is 9.14. The summed E-state index contributed by atoms with van der Waals surface area (Å²) in [5.74, 6) is 1.60. The molecule has 4 nitrogen and oxygen atoms in total. The van der Waals surface area contributed by atoms with Crippen LogP contribution in [0, 0.1) is 0 Å². The maximum Gasteiger partial charge on any atom is 0.161 e. The molecule has 0 unspecified atom stereocenters. The Morgan fingerprint density at radius 2 is 1.79 bits per heavy atom. The number of nitrogens with one attached hydrogen (secondary N) is 1. The topological polar surface area (TPSA) is 47.6 Å². The summed E-state index contributed by atoms with van der Waals surface area (Å²) in [6.45, 7) is 3.42. The third kappa shape index (κ3) is 2.45. The first-order valence-electron chi connectivity index (χ1n) is 6.58. The zero-order valence-corrected chi connectivity index (χ0v) is 11.8. The van der Waals surface area contributed by atoms with Crippen LogP contribution in [0.25, 0.3) is 0 Å². The molecule has 0 amide bonds. The van der Waals surface area contributed by atoms with Crippen LogP contribution in [0.2, 0.25) is 0 Å². The van der Waals surface area contributed by atoms with Crippen molar-refractivity contribution in [3.8, 4) is 11.5 Å². The number of carbonyl (C=O) groups excluding carboxylic acids is 1. The second kappa shape index (κ2) is 5.61. The van der Waals surface area contributed by atoms with Crippen molar-refractivity contribution in [1.29, 1.82) is 0 Å². The normalized spacial score (nSPS) is 17.8. The Kier molecular flexibility index (Phi) is 4.10. The number of benzene rings is 1. The van der Waals surface area contributed by atoms with E-state index in [2.05, 4.69) is 5.32 Å². The number of methoxy groups -OCH3 is 2. The van der Waals surface area contributed by atoms with Crippen molar-refractivity contribution in [2.24, 2.45) is 0 Å². The Hall–Kier alpha value is -1.55. The van der Waals surface area contributed by atoms with Crippen LogP contribution in [0.1, 0.15) is 25.3 Å². The van der Waals surface area contributed by atoms with Gasteiger partial charge in [0.25, 0.3) is 0 Å². The summed E-state index contributed by atoms with van der Waals surface area (Å²) in [5, 5.41) is 3.31. The van der Waals surface area contributed by atoms with Gasteiger partial charge in [-0.2, -0.15) is 0 Å². The molecular weight excluding hydrogens is 242 g/mol. The third-order valence-corrected chi connectivity index (χ3v) is 4.07. The van der Waals surface area contributed by atoms with Gasteiger partial charge in [0.2, 0.25) is 0 Å². The van der Waals surface area contributed by atoms with Gasteiger partial charge in [-0.15, -0.1) is 0 Å². The standard InChI is InChI=1S/C15H21NO3/c1-11(17)15(6-8-16-9-7-15)12-4-5-13(18-2)14(10-12)19-3/h4-5,10,16H,6-9H2,1-3H3. The van der Waals surface area contributed by atoms with Crippen molar-refractivity contribution in [2.75, 3.05) is 27.3 Å². The quantitative estimate of drug-likeness (QED) is 0.901. The highest BCUT2D eigenvalue weighted by Gasteiger charge is 2.38. The molecule has 0 radical (unpaired) electrons. The summed E-state index contributed by atoms with van der Waals surface area (Å²) in [4.78, 5) is 12.2. The predicted molar refractivity (Wildman–Crippen MR) is 74.0 cm³/mol. The van der Waals surface area contributed by atoms with E-state index in [9.17, 15) is 4.79 Å². The number of piperidine rings is 1. The summed E-state index contributed by atoms with van der Waals surface area (Å²) in [6, 6.07) is 5.79. The third-order valence-electron chi connectivity index (χ3n) is 4.07. The molecule has 1 fully saturated rings. The highest BCUT2D eigenvalue weighted by atomic mass is 16.5. The molecule has 2 rings (SSSR count). The summed E-state index contributed by atoms with van der Waals surface area (Å²) < 4.78 is 10.6. The van der Waals surface area contributed by atoms with E-state index >= 15 is 0 Å². The maximum atomic E-state index is 12.2. The second-order valence-electron chi connectivity index (χ2n) is 4.96. The average molecular weight is 263 g/mol. The van der Waals surface area contributed by atoms with Gasteiger partial charge in [-0.05, 0) is 50.6 Å². The van der Waals surface area contributed by atoms with Gasteiger partial charge in [0.1, 0.15) is 5.78 Å². The largest absolute Gasteiger partial charge is 0.493 e. The molecule has 0 bridgehead atoms. The van der Waals surface area contributed by atoms with Gasteiger partial charge in [-0.1, -0.05) is 6.07 Å². The van der Waals surface area contributed by atoms with E-state index in [0.29, 0.717) is 11.5 Å². The highest BCUT2D eigenvalue weighted by molar-refractivity contribution is 5.88. The van der Waals surface area contributed by atoms with Crippen LogP contribution in [0.15, 0.2) is 18.2 Å². The lowest BCUT2D eigenvalue weighted by Crippen LogP contribution is -2.44. The number of Topliss-reactive ketones (excluding diaryl/α,β-unsaturated/α-hetero) is 1. The highest BCUT2D eigenvalue weighted by Crippen LogP contribution is 2.38. The Bertz CT molecular complexity index is 464. The van der Waals surface area contributed by atoms with Crippen LogP contribution < -0.4 is 14.8 Å². The van der Waals surface area contributed by atoms with Crippen LogP contribution in [-0.4, -0.2) is 33.1 Å². The molecule has 0 saturated carbocycles. The van der Waals surface area contributed by atoms with Crippen molar-refractivity contribution >= 4 is 5.78 Å². The molecule has 1 aliphatic heterocycles. The monoisotopic (exact) mass is 263 g/mol. The zero-order valence-electron chi connectivity index (χ0n) is 11.8. The molecule has 1 aliphatic rings. The van der Waals surface area contributed by atoms with Crippen molar-refractivity contribution in [3.63, 3.8) is 0 Å². The number of hydrogen-bond acceptors (Lipinski definition) is 4. The number of ether oxygens (including phenoxy) is 2. The van der Waals surface area contributed by atoms with Crippen LogP contribution in [0.5, 0.6) is 11.5 Å². The number of carbonyl (C=O) groups is 1. The maximum absolute atomic E-state index is 12.2. The Morgan fingerprint density at radius 1 is 1.16 bits per heavy atom. The first-order valence-corrected chi connectivity index (χ1v) is 6.58. The van der Waals surface area contributed by atoms with Crippen molar-refractivity contribution in [1.82, 2.24) is 5.32 Å². The zero-order chi connectivity index (χ0) is 13.9. The molecule has 1 aromatic rings. The van der Waals surface area contributed by atoms with E-state index in [1.807, 2.05) is 18.2 Å². The fourth-order valence-corrected chi connectivity index (χ4v) is 2.83. The molecular formula is C15H21NO3. The summed E-state index contributed by atoms with van der Waals surface area (Å²) >= 11 is 0. The molecule has 104 valence electrons. The molecule has 19 heavy (non-hydrogen) atoms. The second-order valence-corrected chi connectivity index (χ2v) is 4.96. The number of rotatable bonds is 4.